The summed E-state index contributed by atoms with van der Waals surface area (Å²) < 4.78 is 11.5. The molecule has 0 spiro atoms. The van der Waals surface area contributed by atoms with Crippen LogP contribution in [0.4, 0.5) is 0 Å². The molecule has 0 aromatic carbocycles. The molecule has 0 aliphatic carbocycles. The van der Waals surface area contributed by atoms with Crippen molar-refractivity contribution in [1.29, 1.82) is 0 Å². The number of rotatable bonds is 3. The Hall–Kier alpha value is 0.610. The first kappa shape index (κ1) is 9.18. The Morgan fingerprint density at radius 2 is 2.33 bits per heavy atom. The predicted molar refractivity (Wildman–Crippen MR) is 54.6 cm³/mol. The maximum absolute atomic E-state index is 5.56. The van der Waals surface area contributed by atoms with Gasteiger partial charge >= 0.3 is 0 Å². The van der Waals surface area contributed by atoms with Gasteiger partial charge in [-0.3, -0.25) is 4.90 Å². The summed E-state index contributed by atoms with van der Waals surface area (Å²) in [5.74, 6) is 0. The molecule has 1 atom stereocenters. The highest BCUT2D eigenvalue weighted by Crippen LogP contribution is 2.19. The number of hydrogen-bond donors (Lipinski definition) is 0. The van der Waals surface area contributed by atoms with Crippen molar-refractivity contribution < 1.29 is 9.47 Å². The van der Waals surface area contributed by atoms with E-state index >= 15 is 0 Å². The molecule has 0 radical (unpaired) electrons. The van der Waals surface area contributed by atoms with E-state index in [-0.39, 0.29) is 0 Å². The normalized spacial score (nSPS) is 32.2. The Morgan fingerprint density at radius 3 is 2.92 bits per heavy atom. The molecule has 4 heteroatoms. The quantitative estimate of drug-likeness (QED) is 0.566. The summed E-state index contributed by atoms with van der Waals surface area (Å²) in [7, 11) is 0. The number of halogens is 1. The van der Waals surface area contributed by atoms with Crippen molar-refractivity contribution in [3.05, 3.63) is 0 Å². The van der Waals surface area contributed by atoms with Gasteiger partial charge in [0.05, 0.1) is 30.0 Å². The first-order valence-electron chi connectivity index (χ1n) is 4.39. The third kappa shape index (κ3) is 1.92. The van der Waals surface area contributed by atoms with E-state index in [0.717, 1.165) is 24.4 Å². The maximum atomic E-state index is 5.56. The zero-order valence-electron chi connectivity index (χ0n) is 7.04. The molecule has 2 aliphatic rings. The first-order chi connectivity index (χ1) is 5.90. The molecule has 2 aliphatic heterocycles. The zero-order valence-corrected chi connectivity index (χ0v) is 9.20. The van der Waals surface area contributed by atoms with Crippen LogP contribution in [0.25, 0.3) is 0 Å². The van der Waals surface area contributed by atoms with Crippen LogP contribution in [0.1, 0.15) is 6.42 Å². The number of hydrogen-bond acceptors (Lipinski definition) is 3. The van der Waals surface area contributed by atoms with Gasteiger partial charge < -0.3 is 9.47 Å². The van der Waals surface area contributed by atoms with Gasteiger partial charge in [-0.25, -0.2) is 0 Å². The molecule has 0 unspecified atom stereocenters. The second-order valence-electron chi connectivity index (χ2n) is 3.37. The summed E-state index contributed by atoms with van der Waals surface area (Å²) in [6.45, 7) is 4.15. The van der Waals surface area contributed by atoms with Gasteiger partial charge in [0.25, 0.3) is 0 Å². The highest BCUT2D eigenvalue weighted by molar-refractivity contribution is 14.1. The van der Waals surface area contributed by atoms with E-state index in [1.165, 1.54) is 13.0 Å². The van der Waals surface area contributed by atoms with E-state index in [1.807, 2.05) is 0 Å². The molecule has 0 saturated carbocycles. The molecule has 3 nitrogen and oxygen atoms in total. The van der Waals surface area contributed by atoms with Crippen LogP contribution >= 0.6 is 22.6 Å². The lowest BCUT2D eigenvalue weighted by molar-refractivity contribution is -0.0609. The SMILES string of the molecule is ICO[C@H]1CCN(C2COC2)C1. The molecule has 0 aromatic rings. The van der Waals surface area contributed by atoms with Crippen LogP contribution in [0.5, 0.6) is 0 Å². The predicted octanol–water partition coefficient (Wildman–Crippen LogP) is 0.869. The summed E-state index contributed by atoms with van der Waals surface area (Å²) in [5, 5.41) is 0. The molecule has 0 N–H and O–H groups in total. The molecular weight excluding hydrogens is 269 g/mol. The fourth-order valence-electron chi connectivity index (χ4n) is 1.74. The smallest absolute Gasteiger partial charge is 0.0983 e. The summed E-state index contributed by atoms with van der Waals surface area (Å²) in [6.07, 6.45) is 1.67. The van der Waals surface area contributed by atoms with Gasteiger partial charge in [0.2, 0.25) is 0 Å². The molecular formula is C8H14INO2. The van der Waals surface area contributed by atoms with Gasteiger partial charge in [0.1, 0.15) is 0 Å². The van der Waals surface area contributed by atoms with Crippen LogP contribution in [-0.2, 0) is 9.47 Å². The Balaban J connectivity index is 1.73. The van der Waals surface area contributed by atoms with Crippen molar-refractivity contribution in [3.63, 3.8) is 0 Å². The minimum atomic E-state index is 0.475. The van der Waals surface area contributed by atoms with Crippen molar-refractivity contribution in [2.24, 2.45) is 0 Å². The fourth-order valence-corrected chi connectivity index (χ4v) is 2.25. The van der Waals surface area contributed by atoms with Crippen molar-refractivity contribution >= 4 is 22.6 Å². The van der Waals surface area contributed by atoms with Gasteiger partial charge in [-0.2, -0.15) is 0 Å². The average Bonchev–Trinajstić information content (AvgIpc) is 2.34. The minimum absolute atomic E-state index is 0.475. The second-order valence-corrected chi connectivity index (χ2v) is 4.00. The zero-order chi connectivity index (χ0) is 8.39. The van der Waals surface area contributed by atoms with E-state index in [2.05, 4.69) is 27.5 Å². The molecule has 70 valence electrons. The lowest BCUT2D eigenvalue weighted by atomic mass is 10.2. The van der Waals surface area contributed by atoms with Crippen molar-refractivity contribution in [1.82, 2.24) is 4.90 Å². The summed E-state index contributed by atoms with van der Waals surface area (Å²) in [6, 6.07) is 0.688. The molecule has 2 saturated heterocycles. The van der Waals surface area contributed by atoms with Crippen LogP contribution in [-0.4, -0.2) is 48.0 Å². The lowest BCUT2D eigenvalue weighted by Crippen LogP contribution is -2.48. The fraction of sp³-hybridized carbons (Fsp3) is 1.00. The molecule has 12 heavy (non-hydrogen) atoms. The lowest BCUT2D eigenvalue weighted by Gasteiger charge is -2.34. The van der Waals surface area contributed by atoms with Crippen LogP contribution in [0.3, 0.4) is 0 Å². The van der Waals surface area contributed by atoms with Gasteiger partial charge in [0.15, 0.2) is 0 Å². The van der Waals surface area contributed by atoms with Crippen LogP contribution in [0.2, 0.25) is 0 Å². The van der Waals surface area contributed by atoms with Crippen LogP contribution < -0.4 is 0 Å². The summed E-state index contributed by atoms with van der Waals surface area (Å²) >= 11 is 2.26. The number of ether oxygens (including phenoxy) is 2. The van der Waals surface area contributed by atoms with Gasteiger partial charge in [-0.15, -0.1) is 0 Å². The molecule has 2 fully saturated rings. The Kier molecular flexibility index (Phi) is 3.22. The summed E-state index contributed by atoms with van der Waals surface area (Å²) in [5.41, 5.74) is 0. The number of alkyl halides is 1. The highest BCUT2D eigenvalue weighted by atomic mass is 127. The molecule has 2 heterocycles. The minimum Gasteiger partial charge on any atom is -0.378 e. The van der Waals surface area contributed by atoms with Gasteiger partial charge in [-0.05, 0) is 6.42 Å². The second kappa shape index (κ2) is 4.21. The van der Waals surface area contributed by atoms with Crippen LogP contribution in [0.15, 0.2) is 0 Å². The van der Waals surface area contributed by atoms with Crippen molar-refractivity contribution in [3.8, 4) is 0 Å². The monoisotopic (exact) mass is 283 g/mol. The molecule has 2 rings (SSSR count). The topological polar surface area (TPSA) is 21.7 Å². The maximum Gasteiger partial charge on any atom is 0.0983 e. The van der Waals surface area contributed by atoms with E-state index in [1.54, 1.807) is 0 Å². The largest absolute Gasteiger partial charge is 0.378 e. The average molecular weight is 283 g/mol. The molecule has 0 aromatic heterocycles. The number of likely N-dealkylation sites (tertiary alicyclic amines) is 1. The number of nitrogens with zero attached hydrogens (tertiary/aromatic N) is 1. The Morgan fingerprint density at radius 1 is 1.50 bits per heavy atom. The first-order valence-corrected chi connectivity index (χ1v) is 5.92. The van der Waals surface area contributed by atoms with Gasteiger partial charge in [-0.1, -0.05) is 22.6 Å². The molecule has 0 amide bonds. The van der Waals surface area contributed by atoms with Crippen molar-refractivity contribution in [2.75, 3.05) is 30.9 Å². The third-order valence-corrected chi connectivity index (χ3v) is 2.97. The van der Waals surface area contributed by atoms with E-state index in [0.29, 0.717) is 12.1 Å². The Bertz CT molecular complexity index is 152. The van der Waals surface area contributed by atoms with E-state index < -0.39 is 0 Å². The van der Waals surface area contributed by atoms with Crippen LogP contribution in [0, 0.1) is 0 Å². The van der Waals surface area contributed by atoms with Crippen molar-refractivity contribution in [2.45, 2.75) is 18.6 Å². The Labute approximate surface area is 86.5 Å². The summed E-state index contributed by atoms with van der Waals surface area (Å²) in [4.78, 5) is 2.49. The third-order valence-electron chi connectivity index (χ3n) is 2.61. The van der Waals surface area contributed by atoms with E-state index in [9.17, 15) is 0 Å². The standard InChI is InChI=1S/C8H14INO2/c9-6-12-8-1-2-10(3-8)7-4-11-5-7/h7-8H,1-6H2/t8-/m0/s1. The van der Waals surface area contributed by atoms with E-state index in [4.69, 9.17) is 9.47 Å². The van der Waals surface area contributed by atoms with Gasteiger partial charge in [0, 0.05) is 13.1 Å². The molecule has 0 bridgehead atoms. The highest BCUT2D eigenvalue weighted by Gasteiger charge is 2.32.